The van der Waals surface area contributed by atoms with Crippen LogP contribution in [-0.4, -0.2) is 26.0 Å². The van der Waals surface area contributed by atoms with Crippen LogP contribution in [0, 0.1) is 5.41 Å². The monoisotopic (exact) mass is 300 g/mol. The summed E-state index contributed by atoms with van der Waals surface area (Å²) in [6, 6.07) is 3.78. The summed E-state index contributed by atoms with van der Waals surface area (Å²) in [5.74, 6) is -1.20. The lowest BCUT2D eigenvalue weighted by atomic mass is 9.92. The number of hydrogen-bond acceptors (Lipinski definition) is 4. The normalized spacial score (nSPS) is 12.2. The van der Waals surface area contributed by atoms with E-state index in [1.165, 1.54) is 12.1 Å². The third kappa shape index (κ3) is 4.82. The fourth-order valence-corrected chi connectivity index (χ4v) is 2.14. The first-order chi connectivity index (χ1) is 9.00. The Bertz CT molecular complexity index is 603. The minimum Gasteiger partial charge on any atom is -0.478 e. The van der Waals surface area contributed by atoms with Crippen molar-refractivity contribution in [2.75, 3.05) is 11.9 Å². The zero-order chi connectivity index (χ0) is 15.6. The maximum atomic E-state index is 11.2. The first kappa shape index (κ1) is 16.5. The topological polar surface area (TPSA) is 109 Å². The summed E-state index contributed by atoms with van der Waals surface area (Å²) >= 11 is 0. The van der Waals surface area contributed by atoms with E-state index in [0.29, 0.717) is 12.2 Å². The Morgan fingerprint density at radius 1 is 1.35 bits per heavy atom. The predicted molar refractivity (Wildman–Crippen MR) is 77.3 cm³/mol. The van der Waals surface area contributed by atoms with Crippen molar-refractivity contribution in [2.45, 2.75) is 32.1 Å². The van der Waals surface area contributed by atoms with Gasteiger partial charge in [-0.25, -0.2) is 18.4 Å². The number of anilines is 1. The zero-order valence-electron chi connectivity index (χ0n) is 11.8. The fourth-order valence-electron chi connectivity index (χ4n) is 1.60. The molecule has 4 N–H and O–H groups in total. The van der Waals surface area contributed by atoms with E-state index in [4.69, 9.17) is 10.2 Å². The van der Waals surface area contributed by atoms with Crippen molar-refractivity contribution in [2.24, 2.45) is 10.6 Å². The van der Waals surface area contributed by atoms with Gasteiger partial charge in [-0.2, -0.15) is 0 Å². The zero-order valence-corrected chi connectivity index (χ0v) is 12.6. The summed E-state index contributed by atoms with van der Waals surface area (Å²) in [7, 11) is -3.91. The van der Waals surface area contributed by atoms with E-state index in [9.17, 15) is 13.2 Å². The molecule has 0 saturated heterocycles. The average molecular weight is 300 g/mol. The molecular weight excluding hydrogens is 280 g/mol. The van der Waals surface area contributed by atoms with Crippen molar-refractivity contribution in [3.05, 3.63) is 23.8 Å². The number of aromatic carboxylic acids is 1. The maximum Gasteiger partial charge on any atom is 0.337 e. The number of primary sulfonamides is 1. The molecule has 6 nitrogen and oxygen atoms in total. The number of benzene rings is 1. The Morgan fingerprint density at radius 3 is 2.40 bits per heavy atom. The van der Waals surface area contributed by atoms with Gasteiger partial charge in [-0.05, 0) is 30.0 Å². The van der Waals surface area contributed by atoms with Crippen LogP contribution in [-0.2, 0) is 10.0 Å². The highest BCUT2D eigenvalue weighted by Crippen LogP contribution is 2.22. The van der Waals surface area contributed by atoms with Gasteiger partial charge in [-0.1, -0.05) is 20.8 Å². The van der Waals surface area contributed by atoms with E-state index in [-0.39, 0.29) is 15.9 Å². The van der Waals surface area contributed by atoms with Gasteiger partial charge in [0.15, 0.2) is 0 Å². The minimum atomic E-state index is -3.91. The molecule has 0 fully saturated rings. The summed E-state index contributed by atoms with van der Waals surface area (Å²) in [6.07, 6.45) is 0.850. The van der Waals surface area contributed by atoms with Crippen LogP contribution in [0.3, 0.4) is 0 Å². The fraction of sp³-hybridized carbons (Fsp3) is 0.462. The van der Waals surface area contributed by atoms with Crippen LogP contribution < -0.4 is 10.5 Å². The molecule has 0 aliphatic carbocycles. The van der Waals surface area contributed by atoms with Crippen molar-refractivity contribution >= 4 is 21.7 Å². The summed E-state index contributed by atoms with van der Waals surface area (Å²) in [6.45, 7) is 6.84. The largest absolute Gasteiger partial charge is 0.478 e. The lowest BCUT2D eigenvalue weighted by Crippen LogP contribution is -2.16. The summed E-state index contributed by atoms with van der Waals surface area (Å²) < 4.78 is 22.5. The van der Waals surface area contributed by atoms with Gasteiger partial charge in [0, 0.05) is 12.2 Å². The predicted octanol–water partition coefficient (Wildman–Crippen LogP) is 1.88. The molecule has 20 heavy (non-hydrogen) atoms. The van der Waals surface area contributed by atoms with Gasteiger partial charge in [-0.15, -0.1) is 0 Å². The average Bonchev–Trinajstić information content (AvgIpc) is 2.25. The second-order valence-electron chi connectivity index (χ2n) is 5.79. The number of nitrogens with two attached hydrogens (primary N) is 1. The highest BCUT2D eigenvalue weighted by atomic mass is 32.2. The summed E-state index contributed by atoms with van der Waals surface area (Å²) in [5.41, 5.74) is 0.399. The molecule has 0 spiro atoms. The van der Waals surface area contributed by atoms with Gasteiger partial charge in [-0.3, -0.25) is 0 Å². The van der Waals surface area contributed by atoms with Crippen LogP contribution in [0.5, 0.6) is 0 Å². The molecule has 112 valence electrons. The number of carbonyl (C=O) groups is 1. The third-order valence-electron chi connectivity index (χ3n) is 2.74. The number of sulfonamides is 1. The van der Waals surface area contributed by atoms with E-state index in [1.807, 2.05) is 0 Å². The molecule has 0 aliphatic rings. The molecule has 1 aromatic carbocycles. The van der Waals surface area contributed by atoms with E-state index in [2.05, 4.69) is 26.1 Å². The van der Waals surface area contributed by atoms with E-state index >= 15 is 0 Å². The van der Waals surface area contributed by atoms with Crippen molar-refractivity contribution in [1.82, 2.24) is 0 Å². The molecule has 0 unspecified atom stereocenters. The number of rotatable bonds is 5. The Hall–Kier alpha value is -1.60. The van der Waals surface area contributed by atoms with Crippen molar-refractivity contribution in [1.29, 1.82) is 0 Å². The Labute approximate surface area is 119 Å². The van der Waals surface area contributed by atoms with Crippen LogP contribution in [0.4, 0.5) is 5.69 Å². The molecule has 1 rings (SSSR count). The lowest BCUT2D eigenvalue weighted by molar-refractivity contribution is 0.0697. The lowest BCUT2D eigenvalue weighted by Gasteiger charge is -2.19. The standard InChI is InChI=1S/C13H20N2O4S/c1-13(2,3)6-7-15-11-5-4-9(20(14,18)19)8-10(11)12(16)17/h4-5,8,15H,6-7H2,1-3H3,(H,16,17)(H2,14,18,19). The SMILES string of the molecule is CC(C)(C)CCNc1ccc(S(N)(=O)=O)cc1C(=O)O. The molecule has 1 aromatic rings. The quantitative estimate of drug-likeness (QED) is 0.769. The molecule has 0 bridgehead atoms. The van der Waals surface area contributed by atoms with Crippen molar-refractivity contribution in [3.63, 3.8) is 0 Å². The second-order valence-corrected chi connectivity index (χ2v) is 7.36. The van der Waals surface area contributed by atoms with Gasteiger partial charge < -0.3 is 10.4 Å². The third-order valence-corrected chi connectivity index (χ3v) is 3.65. The first-order valence-corrected chi connectivity index (χ1v) is 7.69. The maximum absolute atomic E-state index is 11.2. The molecule has 0 atom stereocenters. The van der Waals surface area contributed by atoms with E-state index < -0.39 is 16.0 Å². The van der Waals surface area contributed by atoms with Crippen molar-refractivity contribution in [3.8, 4) is 0 Å². The number of nitrogens with one attached hydrogen (secondary N) is 1. The van der Waals surface area contributed by atoms with Crippen LogP contribution in [0.15, 0.2) is 23.1 Å². The Morgan fingerprint density at radius 2 is 1.95 bits per heavy atom. The highest BCUT2D eigenvalue weighted by Gasteiger charge is 2.16. The molecular formula is C13H20N2O4S. The molecule has 0 aromatic heterocycles. The Kier molecular flexibility index (Phi) is 4.77. The number of hydrogen-bond donors (Lipinski definition) is 3. The van der Waals surface area contributed by atoms with Gasteiger partial charge in [0.25, 0.3) is 0 Å². The summed E-state index contributed by atoms with van der Waals surface area (Å²) in [5, 5.41) is 17.1. The molecule has 0 amide bonds. The first-order valence-electron chi connectivity index (χ1n) is 6.15. The van der Waals surface area contributed by atoms with Crippen LogP contribution in [0.25, 0.3) is 0 Å². The van der Waals surface area contributed by atoms with Gasteiger partial charge in [0.05, 0.1) is 10.5 Å². The van der Waals surface area contributed by atoms with Gasteiger partial charge >= 0.3 is 5.97 Å². The van der Waals surface area contributed by atoms with Crippen LogP contribution in [0.1, 0.15) is 37.6 Å². The molecule has 0 saturated carbocycles. The second kappa shape index (κ2) is 5.80. The van der Waals surface area contributed by atoms with E-state index in [1.54, 1.807) is 0 Å². The van der Waals surface area contributed by atoms with Gasteiger partial charge in [0.1, 0.15) is 0 Å². The smallest absolute Gasteiger partial charge is 0.337 e. The molecule has 0 radical (unpaired) electrons. The Balaban J connectivity index is 3.00. The van der Waals surface area contributed by atoms with E-state index in [0.717, 1.165) is 12.5 Å². The number of carboxylic acids is 1. The highest BCUT2D eigenvalue weighted by molar-refractivity contribution is 7.89. The number of carboxylic acid groups (broad SMARTS) is 1. The summed E-state index contributed by atoms with van der Waals surface area (Å²) in [4.78, 5) is 11.0. The van der Waals surface area contributed by atoms with Crippen LogP contribution in [0.2, 0.25) is 0 Å². The molecule has 0 aliphatic heterocycles. The van der Waals surface area contributed by atoms with Crippen molar-refractivity contribution < 1.29 is 18.3 Å². The minimum absolute atomic E-state index is 0.106. The van der Waals surface area contributed by atoms with Crippen LogP contribution >= 0.6 is 0 Å². The molecule has 0 heterocycles. The molecule has 7 heteroatoms. The van der Waals surface area contributed by atoms with Gasteiger partial charge in [0.2, 0.25) is 10.0 Å².